The van der Waals surface area contributed by atoms with Crippen molar-refractivity contribution in [1.82, 2.24) is 5.32 Å². The molecular weight excluding hydrogens is 376 g/mol. The molecule has 1 aromatic carbocycles. The van der Waals surface area contributed by atoms with E-state index in [4.69, 9.17) is 4.74 Å². The smallest absolute Gasteiger partial charge is 0.264 e. The van der Waals surface area contributed by atoms with Crippen LogP contribution in [0.2, 0.25) is 0 Å². The van der Waals surface area contributed by atoms with Gasteiger partial charge in [-0.25, -0.2) is 8.42 Å². The summed E-state index contributed by atoms with van der Waals surface area (Å²) in [7, 11) is -0.819. The van der Waals surface area contributed by atoms with E-state index in [-0.39, 0.29) is 16.4 Å². The Kier molecular flexibility index (Phi) is 5.94. The van der Waals surface area contributed by atoms with E-state index in [1.54, 1.807) is 38.1 Å². The fraction of sp³-hybridized carbons (Fsp3) is 0.353. The molecule has 0 radical (unpaired) electrons. The predicted octanol–water partition coefficient (Wildman–Crippen LogP) is 2.08. The first-order valence-electron chi connectivity index (χ1n) is 7.75. The third-order valence-electron chi connectivity index (χ3n) is 3.74. The van der Waals surface area contributed by atoms with Gasteiger partial charge in [0, 0.05) is 12.4 Å². The second-order valence-electron chi connectivity index (χ2n) is 6.31. The average Bonchev–Trinajstić information content (AvgIpc) is 3.12. The minimum atomic E-state index is -3.80. The number of nitrogens with one attached hydrogen (secondary N) is 1. The number of nitrogens with zero attached hydrogens (tertiary/aromatic N) is 1. The van der Waals surface area contributed by atoms with Gasteiger partial charge in [0.05, 0.1) is 34.7 Å². The molecule has 2 N–H and O–H groups in total. The molecule has 0 fully saturated rings. The van der Waals surface area contributed by atoms with Crippen molar-refractivity contribution in [2.45, 2.75) is 24.3 Å². The number of carbonyl (C=O) groups is 1. The molecule has 26 heavy (non-hydrogen) atoms. The van der Waals surface area contributed by atoms with Crippen LogP contribution in [-0.2, 0) is 10.0 Å². The van der Waals surface area contributed by atoms with Crippen LogP contribution in [0.3, 0.4) is 0 Å². The molecule has 0 bridgehead atoms. The number of aliphatic hydroxyl groups excluding tert-OH is 1. The molecule has 0 aliphatic carbocycles. The summed E-state index contributed by atoms with van der Waals surface area (Å²) in [5.41, 5.74) is -0.315. The normalized spacial score (nSPS) is 11.9. The number of hydrogen-bond acceptors (Lipinski definition) is 6. The zero-order valence-corrected chi connectivity index (χ0v) is 16.6. The van der Waals surface area contributed by atoms with Gasteiger partial charge in [0.2, 0.25) is 0 Å². The number of rotatable bonds is 7. The van der Waals surface area contributed by atoms with E-state index in [2.05, 4.69) is 5.32 Å². The number of carbonyl (C=O) groups excluding carboxylic acids is 1. The number of aliphatic hydroxyl groups is 1. The van der Waals surface area contributed by atoms with E-state index in [1.807, 2.05) is 0 Å². The van der Waals surface area contributed by atoms with Crippen molar-refractivity contribution >= 4 is 33.0 Å². The van der Waals surface area contributed by atoms with Gasteiger partial charge in [-0.2, -0.15) is 0 Å². The van der Waals surface area contributed by atoms with Gasteiger partial charge in [-0.05, 0) is 44.2 Å². The number of methoxy groups -OCH3 is 1. The summed E-state index contributed by atoms with van der Waals surface area (Å²) in [6.07, 6.45) is 0. The first-order valence-corrected chi connectivity index (χ1v) is 10.1. The number of benzene rings is 1. The lowest BCUT2D eigenvalue weighted by Gasteiger charge is -2.22. The van der Waals surface area contributed by atoms with E-state index in [0.29, 0.717) is 11.4 Å². The number of thiophene rings is 1. The summed E-state index contributed by atoms with van der Waals surface area (Å²) >= 11 is 1.03. The third-order valence-corrected chi connectivity index (χ3v) is 6.58. The maximum atomic E-state index is 12.8. The third kappa shape index (κ3) is 4.35. The number of hydrogen-bond donors (Lipinski definition) is 2. The summed E-state index contributed by atoms with van der Waals surface area (Å²) in [6.45, 7) is 3.12. The van der Waals surface area contributed by atoms with Gasteiger partial charge in [-0.1, -0.05) is 0 Å². The predicted molar refractivity (Wildman–Crippen MR) is 102 cm³/mol. The summed E-state index contributed by atoms with van der Waals surface area (Å²) in [5, 5.41) is 13.3. The molecule has 9 heteroatoms. The second-order valence-corrected chi connectivity index (χ2v) is 9.19. The van der Waals surface area contributed by atoms with Crippen LogP contribution in [0.5, 0.6) is 5.75 Å². The Balaban J connectivity index is 2.24. The summed E-state index contributed by atoms with van der Waals surface area (Å²) in [5.74, 6) is 0.197. The first-order chi connectivity index (χ1) is 12.1. The highest BCUT2D eigenvalue weighted by Crippen LogP contribution is 2.27. The molecule has 1 heterocycles. The molecule has 0 saturated carbocycles. The van der Waals surface area contributed by atoms with Crippen molar-refractivity contribution in [3.63, 3.8) is 0 Å². The van der Waals surface area contributed by atoms with Crippen LogP contribution in [0, 0.1) is 0 Å². The lowest BCUT2D eigenvalue weighted by molar-refractivity contribution is 0.0873. The van der Waals surface area contributed by atoms with Gasteiger partial charge in [0.25, 0.3) is 15.9 Å². The van der Waals surface area contributed by atoms with Gasteiger partial charge in [-0.15, -0.1) is 11.3 Å². The van der Waals surface area contributed by atoms with E-state index in [0.717, 1.165) is 15.6 Å². The summed E-state index contributed by atoms with van der Waals surface area (Å²) in [4.78, 5) is 12.5. The van der Waals surface area contributed by atoms with E-state index < -0.39 is 21.5 Å². The molecule has 0 unspecified atom stereocenters. The fourth-order valence-electron chi connectivity index (χ4n) is 2.07. The van der Waals surface area contributed by atoms with Crippen molar-refractivity contribution in [1.29, 1.82) is 0 Å². The molecule has 0 atom stereocenters. The zero-order valence-electron chi connectivity index (χ0n) is 15.0. The minimum absolute atomic E-state index is 0.0350. The maximum Gasteiger partial charge on any atom is 0.264 e. The molecule has 7 nitrogen and oxygen atoms in total. The highest BCUT2D eigenvalue weighted by Gasteiger charge is 2.26. The van der Waals surface area contributed by atoms with Gasteiger partial charge >= 0.3 is 0 Å². The monoisotopic (exact) mass is 398 g/mol. The second kappa shape index (κ2) is 7.65. The van der Waals surface area contributed by atoms with Crippen molar-refractivity contribution in [3.05, 3.63) is 40.6 Å². The number of ether oxygens (including phenoxy) is 1. The lowest BCUT2D eigenvalue weighted by Crippen LogP contribution is -2.46. The van der Waals surface area contributed by atoms with Crippen LogP contribution in [0.1, 0.15) is 23.5 Å². The van der Waals surface area contributed by atoms with Crippen molar-refractivity contribution in [3.8, 4) is 5.75 Å². The van der Waals surface area contributed by atoms with E-state index in [9.17, 15) is 18.3 Å². The Morgan fingerprint density at radius 3 is 2.46 bits per heavy atom. The van der Waals surface area contributed by atoms with Crippen molar-refractivity contribution in [2.24, 2.45) is 0 Å². The summed E-state index contributed by atoms with van der Waals surface area (Å²) in [6, 6.07) is 7.96. The highest BCUT2D eigenvalue weighted by molar-refractivity contribution is 7.93. The number of anilines is 1. The van der Waals surface area contributed by atoms with Crippen molar-refractivity contribution in [2.75, 3.05) is 25.1 Å². The van der Waals surface area contributed by atoms with Crippen LogP contribution in [0.25, 0.3) is 0 Å². The number of sulfonamides is 1. The average molecular weight is 399 g/mol. The quantitative estimate of drug-likeness (QED) is 0.744. The van der Waals surface area contributed by atoms with E-state index in [1.165, 1.54) is 25.6 Å². The Labute approximate surface area is 157 Å². The molecule has 142 valence electrons. The van der Waals surface area contributed by atoms with Gasteiger partial charge in [0.1, 0.15) is 5.75 Å². The fourth-order valence-corrected chi connectivity index (χ4v) is 4.42. The largest absolute Gasteiger partial charge is 0.497 e. The molecular formula is C17H22N2O5S2. The topological polar surface area (TPSA) is 95.9 Å². The molecule has 0 aliphatic rings. The van der Waals surface area contributed by atoms with Crippen LogP contribution in [-0.4, -0.2) is 45.7 Å². The molecule has 0 saturated heterocycles. The Morgan fingerprint density at radius 1 is 1.31 bits per heavy atom. The minimum Gasteiger partial charge on any atom is -0.497 e. The number of amides is 1. The van der Waals surface area contributed by atoms with Crippen LogP contribution < -0.4 is 14.4 Å². The highest BCUT2D eigenvalue weighted by atomic mass is 32.2. The molecule has 2 rings (SSSR count). The van der Waals surface area contributed by atoms with Crippen LogP contribution in [0.15, 0.2) is 40.6 Å². The molecule has 0 aliphatic heterocycles. The van der Waals surface area contributed by atoms with Crippen LogP contribution >= 0.6 is 11.3 Å². The molecule has 1 amide bonds. The van der Waals surface area contributed by atoms with Gasteiger partial charge < -0.3 is 15.2 Å². The maximum absolute atomic E-state index is 12.8. The summed E-state index contributed by atoms with van der Waals surface area (Å²) < 4.78 is 31.8. The first kappa shape index (κ1) is 20.2. The molecule has 1 aromatic heterocycles. The Morgan fingerprint density at radius 2 is 1.92 bits per heavy atom. The molecule has 0 spiro atoms. The zero-order chi connectivity index (χ0) is 19.5. The molecule has 2 aromatic rings. The van der Waals surface area contributed by atoms with E-state index >= 15 is 0 Å². The lowest BCUT2D eigenvalue weighted by atomic mass is 10.1. The van der Waals surface area contributed by atoms with Crippen LogP contribution in [0.4, 0.5) is 5.69 Å². The standard InChI is InChI=1S/C17H22N2O5S2/c1-17(2,11-20)18-16(21)15-9-14(10-25-15)26(22,23)19(3)12-5-7-13(24-4)8-6-12/h5-10,20H,11H2,1-4H3,(H,18,21). The van der Waals surface area contributed by atoms with Crippen molar-refractivity contribution < 1.29 is 23.1 Å². The SMILES string of the molecule is COc1ccc(N(C)S(=O)(=O)c2csc(C(=O)NC(C)(C)CO)c2)cc1. The van der Waals surface area contributed by atoms with Gasteiger partial charge in [0.15, 0.2) is 0 Å². The Hall–Kier alpha value is -2.10. The van der Waals surface area contributed by atoms with Gasteiger partial charge in [-0.3, -0.25) is 9.10 Å². The Bertz CT molecular complexity index is 873.